The third-order valence-electron chi connectivity index (χ3n) is 2.13. The number of imidazole rings is 1. The van der Waals surface area contributed by atoms with E-state index in [0.717, 1.165) is 18.7 Å². The van der Waals surface area contributed by atoms with Gasteiger partial charge in [0.25, 0.3) is 0 Å². The summed E-state index contributed by atoms with van der Waals surface area (Å²) in [6.07, 6.45) is 7.09. The van der Waals surface area contributed by atoms with Crippen molar-refractivity contribution >= 4 is 0 Å². The molecule has 0 saturated heterocycles. The number of nitrogens with zero attached hydrogens (tertiary/aromatic N) is 2. The van der Waals surface area contributed by atoms with Crippen LogP contribution in [-0.4, -0.2) is 9.55 Å². The third kappa shape index (κ3) is 2.03. The number of aryl methyl sites for hydroxylation is 1. The minimum absolute atomic E-state index is 0.821. The first-order valence-electron chi connectivity index (χ1n) is 4.53. The van der Waals surface area contributed by atoms with Gasteiger partial charge in [0.15, 0.2) is 0 Å². The van der Waals surface area contributed by atoms with Crippen molar-refractivity contribution in [3.63, 3.8) is 0 Å². The Morgan fingerprint density at radius 3 is 3.07 bits per heavy atom. The molecule has 0 amide bonds. The highest BCUT2D eigenvalue weighted by Crippen LogP contribution is 2.00. The average molecular weight is 191 g/mol. The smallest absolute Gasteiger partial charge is 0.0947 e. The van der Waals surface area contributed by atoms with Crippen molar-refractivity contribution in [2.24, 2.45) is 7.05 Å². The maximum atomic E-state index is 4.97. The molecular formula is C10H13N3O. The molecule has 0 aromatic carbocycles. The third-order valence-corrected chi connectivity index (χ3v) is 2.13. The summed E-state index contributed by atoms with van der Waals surface area (Å²) in [6, 6.07) is 1.95. The molecule has 0 radical (unpaired) electrons. The number of nitrogens with one attached hydrogen (secondary N) is 1. The van der Waals surface area contributed by atoms with E-state index in [2.05, 4.69) is 10.3 Å². The summed E-state index contributed by atoms with van der Waals surface area (Å²) in [6.45, 7) is 1.64. The van der Waals surface area contributed by atoms with Crippen molar-refractivity contribution in [2.75, 3.05) is 0 Å². The molecule has 2 aromatic heterocycles. The Labute approximate surface area is 82.6 Å². The largest absolute Gasteiger partial charge is 0.472 e. The maximum absolute atomic E-state index is 4.97. The second-order valence-corrected chi connectivity index (χ2v) is 3.23. The van der Waals surface area contributed by atoms with Crippen LogP contribution in [0.2, 0.25) is 0 Å². The molecule has 0 fully saturated rings. The van der Waals surface area contributed by atoms with E-state index < -0.39 is 0 Å². The van der Waals surface area contributed by atoms with E-state index in [4.69, 9.17) is 4.42 Å². The first-order chi connectivity index (χ1) is 6.86. The van der Waals surface area contributed by atoms with Crippen LogP contribution in [0.1, 0.15) is 11.3 Å². The van der Waals surface area contributed by atoms with Crippen molar-refractivity contribution < 1.29 is 4.42 Å². The monoisotopic (exact) mass is 191 g/mol. The summed E-state index contributed by atoms with van der Waals surface area (Å²) in [5.74, 6) is 0. The fourth-order valence-electron chi connectivity index (χ4n) is 1.28. The van der Waals surface area contributed by atoms with E-state index in [-0.39, 0.29) is 0 Å². The van der Waals surface area contributed by atoms with E-state index in [1.54, 1.807) is 18.9 Å². The van der Waals surface area contributed by atoms with Gasteiger partial charge in [0.05, 0.1) is 24.5 Å². The predicted octanol–water partition coefficient (Wildman–Crippen LogP) is 1.30. The number of hydrogen-bond donors (Lipinski definition) is 1. The van der Waals surface area contributed by atoms with Crippen molar-refractivity contribution in [2.45, 2.75) is 13.1 Å². The summed E-state index contributed by atoms with van der Waals surface area (Å²) in [4.78, 5) is 4.04. The Bertz CT molecular complexity index is 378. The van der Waals surface area contributed by atoms with Crippen LogP contribution in [0.25, 0.3) is 0 Å². The summed E-state index contributed by atoms with van der Waals surface area (Å²) < 4.78 is 6.97. The van der Waals surface area contributed by atoms with Gasteiger partial charge in [-0.1, -0.05) is 0 Å². The normalized spacial score (nSPS) is 10.6. The molecule has 74 valence electrons. The summed E-state index contributed by atoms with van der Waals surface area (Å²) in [7, 11) is 1.99. The molecule has 0 saturated carbocycles. The number of rotatable bonds is 4. The highest BCUT2D eigenvalue weighted by atomic mass is 16.3. The standard InChI is InChI=1S/C10H13N3O/c1-13-8-12-6-10(13)5-11-4-9-2-3-14-7-9/h2-3,6-8,11H,4-5H2,1H3. The van der Waals surface area contributed by atoms with Crippen LogP contribution in [0.3, 0.4) is 0 Å². The summed E-state index contributed by atoms with van der Waals surface area (Å²) >= 11 is 0. The van der Waals surface area contributed by atoms with Crippen LogP contribution in [-0.2, 0) is 20.1 Å². The zero-order valence-corrected chi connectivity index (χ0v) is 8.10. The maximum Gasteiger partial charge on any atom is 0.0947 e. The van der Waals surface area contributed by atoms with Gasteiger partial charge in [-0.15, -0.1) is 0 Å². The van der Waals surface area contributed by atoms with E-state index in [1.807, 2.05) is 23.9 Å². The van der Waals surface area contributed by atoms with Gasteiger partial charge in [0, 0.05) is 31.9 Å². The molecule has 0 aliphatic rings. The van der Waals surface area contributed by atoms with Crippen LogP contribution in [0.5, 0.6) is 0 Å². The van der Waals surface area contributed by atoms with E-state index in [9.17, 15) is 0 Å². The molecule has 0 aliphatic heterocycles. The summed E-state index contributed by atoms with van der Waals surface area (Å²) in [5.41, 5.74) is 2.33. The first kappa shape index (κ1) is 9.02. The molecular weight excluding hydrogens is 178 g/mol. The molecule has 2 rings (SSSR count). The lowest BCUT2D eigenvalue weighted by Gasteiger charge is -2.03. The van der Waals surface area contributed by atoms with Crippen LogP contribution in [0, 0.1) is 0 Å². The minimum atomic E-state index is 0.821. The Morgan fingerprint density at radius 1 is 1.50 bits per heavy atom. The number of furan rings is 1. The molecule has 1 N–H and O–H groups in total. The second-order valence-electron chi connectivity index (χ2n) is 3.23. The number of hydrogen-bond acceptors (Lipinski definition) is 3. The zero-order valence-electron chi connectivity index (χ0n) is 8.10. The molecule has 0 atom stereocenters. The lowest BCUT2D eigenvalue weighted by Crippen LogP contribution is -2.14. The van der Waals surface area contributed by atoms with Crippen molar-refractivity contribution in [1.29, 1.82) is 0 Å². The summed E-state index contributed by atoms with van der Waals surface area (Å²) in [5, 5.41) is 3.31. The minimum Gasteiger partial charge on any atom is -0.472 e. The second kappa shape index (κ2) is 4.11. The lowest BCUT2D eigenvalue weighted by molar-refractivity contribution is 0.559. The van der Waals surface area contributed by atoms with Gasteiger partial charge in [0.1, 0.15) is 0 Å². The van der Waals surface area contributed by atoms with Gasteiger partial charge >= 0.3 is 0 Å². The molecule has 2 aromatic rings. The molecule has 2 heterocycles. The first-order valence-corrected chi connectivity index (χ1v) is 4.53. The number of aromatic nitrogens is 2. The molecule has 4 heteroatoms. The average Bonchev–Trinajstić information content (AvgIpc) is 2.78. The molecule has 0 aliphatic carbocycles. The van der Waals surface area contributed by atoms with Crippen molar-refractivity contribution in [1.82, 2.24) is 14.9 Å². The predicted molar refractivity (Wildman–Crippen MR) is 52.5 cm³/mol. The van der Waals surface area contributed by atoms with Gasteiger partial charge in [-0.25, -0.2) is 4.98 Å². The fraction of sp³-hybridized carbons (Fsp3) is 0.300. The SMILES string of the molecule is Cn1cncc1CNCc1ccoc1. The fourth-order valence-corrected chi connectivity index (χ4v) is 1.28. The van der Waals surface area contributed by atoms with Gasteiger partial charge < -0.3 is 14.3 Å². The molecule has 4 nitrogen and oxygen atoms in total. The van der Waals surface area contributed by atoms with E-state index in [1.165, 1.54) is 5.69 Å². The van der Waals surface area contributed by atoms with Crippen LogP contribution in [0.4, 0.5) is 0 Å². The topological polar surface area (TPSA) is 43.0 Å². The van der Waals surface area contributed by atoms with E-state index in [0.29, 0.717) is 0 Å². The molecule has 0 bridgehead atoms. The van der Waals surface area contributed by atoms with E-state index >= 15 is 0 Å². The lowest BCUT2D eigenvalue weighted by atomic mass is 10.3. The van der Waals surface area contributed by atoms with Gasteiger partial charge in [-0.05, 0) is 6.07 Å². The van der Waals surface area contributed by atoms with Crippen molar-refractivity contribution in [3.05, 3.63) is 42.4 Å². The van der Waals surface area contributed by atoms with Gasteiger partial charge in [-0.2, -0.15) is 0 Å². The van der Waals surface area contributed by atoms with Gasteiger partial charge in [-0.3, -0.25) is 0 Å². The molecule has 0 spiro atoms. The quantitative estimate of drug-likeness (QED) is 0.792. The Balaban J connectivity index is 1.81. The van der Waals surface area contributed by atoms with Crippen LogP contribution >= 0.6 is 0 Å². The Morgan fingerprint density at radius 2 is 2.43 bits per heavy atom. The zero-order chi connectivity index (χ0) is 9.80. The van der Waals surface area contributed by atoms with Crippen LogP contribution < -0.4 is 5.32 Å². The molecule has 0 unspecified atom stereocenters. The highest BCUT2D eigenvalue weighted by Gasteiger charge is 1.98. The van der Waals surface area contributed by atoms with Crippen LogP contribution in [0.15, 0.2) is 35.5 Å². The molecule has 14 heavy (non-hydrogen) atoms. The highest BCUT2D eigenvalue weighted by molar-refractivity contribution is 5.05. The Hall–Kier alpha value is -1.55. The van der Waals surface area contributed by atoms with Gasteiger partial charge in [0.2, 0.25) is 0 Å². The van der Waals surface area contributed by atoms with Crippen molar-refractivity contribution in [3.8, 4) is 0 Å². The Kier molecular flexibility index (Phi) is 2.65.